The van der Waals surface area contributed by atoms with Crippen LogP contribution in [0.1, 0.15) is 5.69 Å². The summed E-state index contributed by atoms with van der Waals surface area (Å²) in [6, 6.07) is 4.07. The Morgan fingerprint density at radius 3 is 3.09 bits per heavy atom. The van der Waals surface area contributed by atoms with Gasteiger partial charge in [-0.3, -0.25) is 0 Å². The van der Waals surface area contributed by atoms with Crippen LogP contribution in [0.25, 0.3) is 5.52 Å². The van der Waals surface area contributed by atoms with E-state index in [2.05, 4.69) is 20.9 Å². The third-order valence-electron chi connectivity index (χ3n) is 1.69. The van der Waals surface area contributed by atoms with Crippen molar-refractivity contribution in [3.05, 3.63) is 34.8 Å². The number of nitrogens with zero attached hydrogens (tertiary/aromatic N) is 2. The Bertz CT molecular complexity index is 392. The highest BCUT2D eigenvalue weighted by molar-refractivity contribution is 9.10. The maximum Gasteiger partial charge on any atom is 0.0995 e. The van der Waals surface area contributed by atoms with Gasteiger partial charge in [0.1, 0.15) is 0 Å². The molecule has 0 atom stereocenters. The van der Waals surface area contributed by atoms with E-state index >= 15 is 0 Å². The highest BCUT2D eigenvalue weighted by Crippen LogP contribution is 2.13. The zero-order valence-electron chi connectivity index (χ0n) is 6.08. The molecule has 0 N–H and O–H groups in total. The summed E-state index contributed by atoms with van der Waals surface area (Å²) in [6.45, 7) is 2.00. The van der Waals surface area contributed by atoms with E-state index < -0.39 is 0 Å². The van der Waals surface area contributed by atoms with Crippen LogP contribution in [-0.4, -0.2) is 9.38 Å². The maximum absolute atomic E-state index is 4.18. The van der Waals surface area contributed by atoms with Crippen molar-refractivity contribution >= 4 is 21.4 Å². The molecule has 2 nitrogen and oxygen atoms in total. The monoisotopic (exact) mass is 210 g/mol. The van der Waals surface area contributed by atoms with Crippen molar-refractivity contribution in [2.24, 2.45) is 0 Å². The number of fused-ring (bicyclic) bond motifs is 1. The average molecular weight is 211 g/mol. The van der Waals surface area contributed by atoms with Crippen LogP contribution in [0.2, 0.25) is 0 Å². The van der Waals surface area contributed by atoms with E-state index in [-0.39, 0.29) is 0 Å². The summed E-state index contributed by atoms with van der Waals surface area (Å²) in [5.74, 6) is 0. The van der Waals surface area contributed by atoms with Crippen LogP contribution in [0.4, 0.5) is 0 Å². The number of rotatable bonds is 0. The summed E-state index contributed by atoms with van der Waals surface area (Å²) in [6.07, 6.45) is 3.81. The van der Waals surface area contributed by atoms with E-state index in [1.54, 1.807) is 0 Å². The van der Waals surface area contributed by atoms with Crippen molar-refractivity contribution in [3.63, 3.8) is 0 Å². The van der Waals surface area contributed by atoms with Crippen LogP contribution < -0.4 is 0 Å². The summed E-state index contributed by atoms with van der Waals surface area (Å²) in [5, 5.41) is 0. The Balaban J connectivity index is 2.86. The largest absolute Gasteiger partial charge is 0.305 e. The number of imidazole rings is 1. The first-order chi connectivity index (χ1) is 5.27. The fraction of sp³-hybridized carbons (Fsp3) is 0.125. The lowest BCUT2D eigenvalue weighted by Crippen LogP contribution is -1.80. The Morgan fingerprint density at radius 2 is 2.27 bits per heavy atom. The fourth-order valence-electron chi connectivity index (χ4n) is 1.11. The topological polar surface area (TPSA) is 17.3 Å². The van der Waals surface area contributed by atoms with Gasteiger partial charge < -0.3 is 4.40 Å². The second-order valence-electron chi connectivity index (χ2n) is 2.47. The van der Waals surface area contributed by atoms with Gasteiger partial charge in [-0.25, -0.2) is 4.98 Å². The summed E-state index contributed by atoms with van der Waals surface area (Å²) in [5.41, 5.74) is 2.23. The van der Waals surface area contributed by atoms with Gasteiger partial charge in [-0.2, -0.15) is 0 Å². The first kappa shape index (κ1) is 6.85. The number of halogens is 1. The second kappa shape index (κ2) is 2.34. The number of pyridine rings is 1. The molecule has 2 aromatic heterocycles. The Hall–Kier alpha value is -0.830. The first-order valence-corrected chi connectivity index (χ1v) is 4.15. The van der Waals surface area contributed by atoms with Crippen molar-refractivity contribution in [2.45, 2.75) is 6.92 Å². The lowest BCUT2D eigenvalue weighted by molar-refractivity contribution is 1.14. The zero-order valence-corrected chi connectivity index (χ0v) is 7.67. The lowest BCUT2D eigenvalue weighted by atomic mass is 10.3. The molecule has 3 heteroatoms. The van der Waals surface area contributed by atoms with Gasteiger partial charge in [0.05, 0.1) is 17.5 Å². The number of aromatic nitrogens is 2. The summed E-state index contributed by atoms with van der Waals surface area (Å²) >= 11 is 3.39. The van der Waals surface area contributed by atoms with E-state index in [1.165, 1.54) is 0 Å². The molecule has 0 unspecified atom stereocenters. The van der Waals surface area contributed by atoms with Crippen molar-refractivity contribution in [1.29, 1.82) is 0 Å². The first-order valence-electron chi connectivity index (χ1n) is 3.36. The smallest absolute Gasteiger partial charge is 0.0995 e. The van der Waals surface area contributed by atoms with E-state index in [0.717, 1.165) is 15.7 Å². The third kappa shape index (κ3) is 1.05. The minimum Gasteiger partial charge on any atom is -0.305 e. The highest BCUT2D eigenvalue weighted by atomic mass is 79.9. The molecule has 0 bridgehead atoms. The number of aryl methyl sites for hydroxylation is 1. The van der Waals surface area contributed by atoms with E-state index in [9.17, 15) is 0 Å². The molecule has 11 heavy (non-hydrogen) atoms. The normalized spacial score (nSPS) is 10.7. The molecule has 0 fully saturated rings. The van der Waals surface area contributed by atoms with Crippen LogP contribution in [0, 0.1) is 6.92 Å². The van der Waals surface area contributed by atoms with Gasteiger partial charge in [0, 0.05) is 10.7 Å². The van der Waals surface area contributed by atoms with Crippen molar-refractivity contribution < 1.29 is 0 Å². The molecular weight excluding hydrogens is 204 g/mol. The van der Waals surface area contributed by atoms with Crippen LogP contribution in [-0.2, 0) is 0 Å². The third-order valence-corrected chi connectivity index (χ3v) is 2.16. The molecule has 0 radical (unpaired) electrons. The summed E-state index contributed by atoms with van der Waals surface area (Å²) in [7, 11) is 0. The number of hydrogen-bond donors (Lipinski definition) is 0. The van der Waals surface area contributed by atoms with Crippen molar-refractivity contribution in [1.82, 2.24) is 9.38 Å². The molecule has 0 aliphatic heterocycles. The van der Waals surface area contributed by atoms with Gasteiger partial charge in [-0.15, -0.1) is 0 Å². The lowest BCUT2D eigenvalue weighted by Gasteiger charge is -1.93. The summed E-state index contributed by atoms with van der Waals surface area (Å²) in [4.78, 5) is 4.18. The Morgan fingerprint density at radius 1 is 1.45 bits per heavy atom. The molecule has 0 aliphatic carbocycles. The summed E-state index contributed by atoms with van der Waals surface area (Å²) < 4.78 is 3.07. The molecular formula is C8H7BrN2. The van der Waals surface area contributed by atoms with Crippen LogP contribution in [0.3, 0.4) is 0 Å². The molecule has 0 spiro atoms. The van der Waals surface area contributed by atoms with E-state index in [4.69, 9.17) is 0 Å². The molecule has 0 aliphatic rings. The quantitative estimate of drug-likeness (QED) is 0.653. The zero-order chi connectivity index (χ0) is 7.84. The van der Waals surface area contributed by atoms with Gasteiger partial charge in [-0.05, 0) is 35.0 Å². The Labute approximate surface area is 73.0 Å². The van der Waals surface area contributed by atoms with Crippen LogP contribution >= 0.6 is 15.9 Å². The average Bonchev–Trinajstić information content (AvgIpc) is 2.32. The van der Waals surface area contributed by atoms with E-state index in [0.29, 0.717) is 0 Å². The second-order valence-corrected chi connectivity index (χ2v) is 3.39. The van der Waals surface area contributed by atoms with Crippen molar-refractivity contribution in [2.75, 3.05) is 0 Å². The molecule has 2 rings (SSSR count). The maximum atomic E-state index is 4.18. The number of hydrogen-bond acceptors (Lipinski definition) is 1. The molecule has 0 saturated carbocycles. The van der Waals surface area contributed by atoms with Gasteiger partial charge in [0.2, 0.25) is 0 Å². The van der Waals surface area contributed by atoms with Crippen LogP contribution in [0.15, 0.2) is 29.1 Å². The van der Waals surface area contributed by atoms with Crippen LogP contribution in [0.5, 0.6) is 0 Å². The minimum absolute atomic E-state index is 1.07. The molecule has 2 aromatic rings. The fourth-order valence-corrected chi connectivity index (χ4v) is 1.46. The van der Waals surface area contributed by atoms with Gasteiger partial charge in [0.25, 0.3) is 0 Å². The standard InChI is InChI=1S/C8H7BrN2/c1-6-8-3-2-7(9)4-11(8)5-10-6/h2-5H,1H3. The van der Waals surface area contributed by atoms with E-state index in [1.807, 2.05) is 36.0 Å². The van der Waals surface area contributed by atoms with Gasteiger partial charge in [0.15, 0.2) is 0 Å². The molecule has 0 aromatic carbocycles. The Kier molecular flexibility index (Phi) is 1.46. The van der Waals surface area contributed by atoms with Crippen molar-refractivity contribution in [3.8, 4) is 0 Å². The molecule has 0 amide bonds. The van der Waals surface area contributed by atoms with Gasteiger partial charge in [-0.1, -0.05) is 0 Å². The predicted molar refractivity (Wildman–Crippen MR) is 47.6 cm³/mol. The predicted octanol–water partition coefficient (Wildman–Crippen LogP) is 2.41. The minimum atomic E-state index is 1.07. The molecule has 2 heterocycles. The highest BCUT2D eigenvalue weighted by Gasteiger charge is 1.97. The molecule has 56 valence electrons. The SMILES string of the molecule is Cc1ncn2cc(Br)ccc12. The molecule has 0 saturated heterocycles. The van der Waals surface area contributed by atoms with Gasteiger partial charge >= 0.3 is 0 Å².